The summed E-state index contributed by atoms with van der Waals surface area (Å²) in [6, 6.07) is 7.08. The first-order valence-electron chi connectivity index (χ1n) is 4.64. The Hall–Kier alpha value is -2.13. The van der Waals surface area contributed by atoms with Crippen molar-refractivity contribution in [2.24, 2.45) is 0 Å². The van der Waals surface area contributed by atoms with Gasteiger partial charge in [-0.2, -0.15) is 5.26 Å². The maximum atomic E-state index is 8.58. The van der Waals surface area contributed by atoms with Gasteiger partial charge in [0.15, 0.2) is 5.69 Å². The lowest BCUT2D eigenvalue weighted by atomic mass is 10.3. The molecule has 0 saturated heterocycles. The lowest BCUT2D eigenvalue weighted by Crippen LogP contribution is -1.93. The van der Waals surface area contributed by atoms with Crippen LogP contribution in [-0.4, -0.2) is 9.97 Å². The first kappa shape index (κ1) is 11.4. The van der Waals surface area contributed by atoms with Crippen LogP contribution in [0, 0.1) is 11.3 Å². The van der Waals surface area contributed by atoms with Crippen LogP contribution in [0.3, 0.4) is 0 Å². The van der Waals surface area contributed by atoms with E-state index in [1.807, 2.05) is 6.07 Å². The molecule has 0 saturated carbocycles. The Balaban J connectivity index is 2.25. The van der Waals surface area contributed by atoms with Crippen molar-refractivity contribution in [2.75, 3.05) is 5.73 Å². The maximum Gasteiger partial charge on any atom is 0.237 e. The molecule has 0 bridgehead atoms. The summed E-state index contributed by atoms with van der Waals surface area (Å²) in [5.41, 5.74) is 6.47. The minimum Gasteiger partial charge on any atom is -0.436 e. The molecular formula is C11H7BrN4O. The van der Waals surface area contributed by atoms with E-state index in [1.54, 1.807) is 18.2 Å². The number of benzene rings is 1. The van der Waals surface area contributed by atoms with Gasteiger partial charge in [-0.1, -0.05) is 0 Å². The highest BCUT2D eigenvalue weighted by atomic mass is 79.9. The molecule has 6 heteroatoms. The van der Waals surface area contributed by atoms with E-state index in [9.17, 15) is 0 Å². The van der Waals surface area contributed by atoms with Gasteiger partial charge < -0.3 is 10.5 Å². The van der Waals surface area contributed by atoms with Crippen LogP contribution in [0.4, 0.5) is 5.69 Å². The zero-order valence-electron chi connectivity index (χ0n) is 8.59. The summed E-state index contributed by atoms with van der Waals surface area (Å²) >= 11 is 3.33. The summed E-state index contributed by atoms with van der Waals surface area (Å²) in [5, 5.41) is 8.58. The van der Waals surface area contributed by atoms with Crippen molar-refractivity contribution in [3.8, 4) is 17.7 Å². The van der Waals surface area contributed by atoms with E-state index in [0.717, 1.165) is 4.47 Å². The average Bonchev–Trinajstić information content (AvgIpc) is 2.35. The quantitative estimate of drug-likeness (QED) is 0.859. The van der Waals surface area contributed by atoms with Gasteiger partial charge in [-0.05, 0) is 28.1 Å². The van der Waals surface area contributed by atoms with Crippen molar-refractivity contribution < 1.29 is 4.74 Å². The predicted molar refractivity (Wildman–Crippen MR) is 65.4 cm³/mol. The number of hydrogen-bond donors (Lipinski definition) is 1. The van der Waals surface area contributed by atoms with E-state index < -0.39 is 0 Å². The van der Waals surface area contributed by atoms with Crippen molar-refractivity contribution in [3.05, 3.63) is 40.8 Å². The molecule has 0 aliphatic rings. The van der Waals surface area contributed by atoms with Crippen molar-refractivity contribution in [2.45, 2.75) is 0 Å². The summed E-state index contributed by atoms with van der Waals surface area (Å²) in [7, 11) is 0. The Bertz CT molecular complexity index is 577. The van der Waals surface area contributed by atoms with E-state index >= 15 is 0 Å². The topological polar surface area (TPSA) is 84.8 Å². The molecule has 1 aromatic carbocycles. The summed E-state index contributed by atoms with van der Waals surface area (Å²) in [6.45, 7) is 0. The number of halogens is 1. The molecule has 0 spiro atoms. The van der Waals surface area contributed by atoms with Crippen molar-refractivity contribution in [1.29, 1.82) is 5.26 Å². The molecule has 2 N–H and O–H groups in total. The summed E-state index contributed by atoms with van der Waals surface area (Å²) in [4.78, 5) is 7.80. The average molecular weight is 291 g/mol. The molecule has 84 valence electrons. The highest BCUT2D eigenvalue weighted by Crippen LogP contribution is 2.30. The number of rotatable bonds is 2. The van der Waals surface area contributed by atoms with Gasteiger partial charge >= 0.3 is 0 Å². The molecule has 0 unspecified atom stereocenters. The first-order chi connectivity index (χ1) is 8.19. The molecule has 0 radical (unpaired) electrons. The third-order valence-corrected chi connectivity index (χ3v) is 2.57. The summed E-state index contributed by atoms with van der Waals surface area (Å²) in [5.74, 6) is 0.847. The molecular weight excluding hydrogens is 284 g/mol. The Morgan fingerprint density at radius 1 is 1.29 bits per heavy atom. The van der Waals surface area contributed by atoms with Crippen LogP contribution in [0.1, 0.15) is 5.69 Å². The third kappa shape index (κ3) is 2.71. The molecule has 1 aromatic heterocycles. The molecule has 2 rings (SSSR count). The minimum absolute atomic E-state index is 0.240. The molecule has 1 heterocycles. The third-order valence-electron chi connectivity index (χ3n) is 1.91. The minimum atomic E-state index is 0.240. The van der Waals surface area contributed by atoms with E-state index in [1.165, 1.54) is 12.4 Å². The molecule has 0 aliphatic heterocycles. The van der Waals surface area contributed by atoms with E-state index in [2.05, 4.69) is 25.9 Å². The highest BCUT2D eigenvalue weighted by molar-refractivity contribution is 9.10. The fraction of sp³-hybridized carbons (Fsp3) is 0. The largest absolute Gasteiger partial charge is 0.436 e. The molecule has 0 fully saturated rings. The molecule has 0 aliphatic carbocycles. The van der Waals surface area contributed by atoms with E-state index in [0.29, 0.717) is 17.3 Å². The smallest absolute Gasteiger partial charge is 0.237 e. The van der Waals surface area contributed by atoms with Gasteiger partial charge in [0.1, 0.15) is 11.8 Å². The fourth-order valence-electron chi connectivity index (χ4n) is 1.14. The number of ether oxygens (including phenoxy) is 1. The van der Waals surface area contributed by atoms with E-state index in [-0.39, 0.29) is 5.69 Å². The second-order valence-corrected chi connectivity index (χ2v) is 4.00. The molecule has 17 heavy (non-hydrogen) atoms. The van der Waals surface area contributed by atoms with Gasteiger partial charge in [0, 0.05) is 11.8 Å². The monoisotopic (exact) mass is 290 g/mol. The Morgan fingerprint density at radius 3 is 2.76 bits per heavy atom. The van der Waals surface area contributed by atoms with Gasteiger partial charge in [0.25, 0.3) is 0 Å². The van der Waals surface area contributed by atoms with Crippen LogP contribution >= 0.6 is 15.9 Å². The van der Waals surface area contributed by atoms with Gasteiger partial charge in [-0.3, -0.25) is 0 Å². The Kier molecular flexibility index (Phi) is 3.21. The van der Waals surface area contributed by atoms with Crippen LogP contribution in [0.25, 0.3) is 0 Å². The van der Waals surface area contributed by atoms with Gasteiger partial charge in [-0.15, -0.1) is 0 Å². The molecule has 0 amide bonds. The van der Waals surface area contributed by atoms with Crippen molar-refractivity contribution in [1.82, 2.24) is 9.97 Å². The van der Waals surface area contributed by atoms with Crippen molar-refractivity contribution in [3.63, 3.8) is 0 Å². The van der Waals surface area contributed by atoms with Crippen LogP contribution in [0.2, 0.25) is 0 Å². The first-order valence-corrected chi connectivity index (χ1v) is 5.43. The van der Waals surface area contributed by atoms with Gasteiger partial charge in [-0.25, -0.2) is 9.97 Å². The van der Waals surface area contributed by atoms with Crippen LogP contribution in [0.15, 0.2) is 35.1 Å². The number of aromatic nitrogens is 2. The Labute approximate surface area is 106 Å². The second kappa shape index (κ2) is 4.80. The number of nitriles is 1. The Morgan fingerprint density at radius 2 is 2.12 bits per heavy atom. The lowest BCUT2D eigenvalue weighted by Gasteiger charge is -2.06. The normalized spacial score (nSPS) is 9.65. The number of nitrogens with two attached hydrogens (primary N) is 1. The predicted octanol–water partition coefficient (Wildman–Crippen LogP) is 2.49. The van der Waals surface area contributed by atoms with Gasteiger partial charge in [0.05, 0.1) is 16.9 Å². The summed E-state index contributed by atoms with van der Waals surface area (Å²) < 4.78 is 6.24. The van der Waals surface area contributed by atoms with Crippen LogP contribution in [0.5, 0.6) is 11.6 Å². The SMILES string of the molecule is N#Cc1cnc(Oc2cc(N)ccc2Br)cn1. The van der Waals surface area contributed by atoms with Crippen LogP contribution < -0.4 is 10.5 Å². The van der Waals surface area contributed by atoms with Crippen LogP contribution in [-0.2, 0) is 0 Å². The lowest BCUT2D eigenvalue weighted by molar-refractivity contribution is 0.457. The molecule has 0 atom stereocenters. The van der Waals surface area contributed by atoms with Gasteiger partial charge in [0.2, 0.25) is 5.88 Å². The fourth-order valence-corrected chi connectivity index (χ4v) is 1.47. The zero-order chi connectivity index (χ0) is 12.3. The van der Waals surface area contributed by atoms with Crippen molar-refractivity contribution >= 4 is 21.6 Å². The number of nitrogen functional groups attached to an aromatic ring is 1. The zero-order valence-corrected chi connectivity index (χ0v) is 10.2. The highest BCUT2D eigenvalue weighted by Gasteiger charge is 2.04. The standard InChI is InChI=1S/C11H7BrN4O/c12-9-2-1-7(14)3-10(9)17-11-6-15-8(4-13)5-16-11/h1-3,5-6H,14H2. The van der Waals surface area contributed by atoms with E-state index in [4.69, 9.17) is 15.7 Å². The number of anilines is 1. The summed E-state index contributed by atoms with van der Waals surface area (Å²) in [6.07, 6.45) is 2.73. The molecule has 2 aromatic rings. The molecule has 5 nitrogen and oxygen atoms in total. The number of nitrogens with zero attached hydrogens (tertiary/aromatic N) is 3. The number of hydrogen-bond acceptors (Lipinski definition) is 5. The maximum absolute atomic E-state index is 8.58. The second-order valence-electron chi connectivity index (χ2n) is 3.14.